The number of nitrogens with zero attached hydrogens (tertiary/aromatic N) is 9. The molecule has 6 aliphatic carbocycles. The largest absolute Gasteiger partial charge is 0.480 e. The molecule has 10 N–H and O–H groups in total. The maximum absolute atomic E-state index is 16.7. The number of imidazole rings is 4. The van der Waals surface area contributed by atoms with Gasteiger partial charge in [0.05, 0.1) is 123 Å². The summed E-state index contributed by atoms with van der Waals surface area (Å²) in [6, 6.07) is 31.7. The molecule has 10 aliphatic rings. The van der Waals surface area contributed by atoms with Crippen molar-refractivity contribution < 1.29 is 80.0 Å². The number of piperidine rings is 2. The van der Waals surface area contributed by atoms with Gasteiger partial charge in [0, 0.05) is 58.6 Å². The lowest BCUT2D eigenvalue weighted by Crippen LogP contribution is -2.51. The van der Waals surface area contributed by atoms with Crippen LogP contribution in [-0.2, 0) is 50.0 Å². The summed E-state index contributed by atoms with van der Waals surface area (Å²) in [5.74, 6) is -5.40. The van der Waals surface area contributed by atoms with Crippen LogP contribution < -0.4 is 26.6 Å². The molecule has 8 heterocycles. The number of rotatable bonds is 20. The number of aliphatic carboxylic acids is 1. The van der Waals surface area contributed by atoms with E-state index in [1.54, 1.807) is 76.8 Å². The molecule has 0 radical (unpaired) electrons. The number of amides is 7. The number of H-pyrrole nitrogens is 4. The predicted molar refractivity (Wildman–Crippen MR) is 469 cm³/mol. The minimum atomic E-state index is -3.31. The molecule has 4 bridgehead atoms. The number of likely N-dealkylation sites (tertiary alicyclic amines) is 3. The Morgan fingerprint density at radius 2 is 0.893 bits per heavy atom. The molecule has 31 nitrogen and oxygen atoms in total. The average Bonchev–Trinajstić information content (AvgIpc) is 1.59. The van der Waals surface area contributed by atoms with Crippen LogP contribution >= 0.6 is 0 Å². The van der Waals surface area contributed by atoms with Gasteiger partial charge >= 0.3 is 30.3 Å². The Morgan fingerprint density at radius 3 is 1.31 bits per heavy atom. The van der Waals surface area contributed by atoms with Gasteiger partial charge in [-0.2, -0.15) is 28.1 Å². The van der Waals surface area contributed by atoms with Crippen molar-refractivity contribution >= 4 is 70.1 Å². The number of aromatic nitrogens is 8. The summed E-state index contributed by atoms with van der Waals surface area (Å²) >= 11 is 0. The number of carboxylic acid groups (broad SMARTS) is 1. The fraction of sp³-hybridized carbons (Fsp3) is 0.438. The molecule has 131 heavy (non-hydrogen) atoms. The molecule has 680 valence electrons. The maximum atomic E-state index is 16.7. The van der Waals surface area contributed by atoms with E-state index in [9.17, 15) is 43.6 Å². The second kappa shape index (κ2) is 34.3. The van der Waals surface area contributed by atoms with Crippen LogP contribution in [0.5, 0.6) is 0 Å². The summed E-state index contributed by atoms with van der Waals surface area (Å²) in [5, 5.41) is 39.6. The number of alkyl carbamates (subject to hydrolysis) is 4. The number of ether oxygens (including phenoxy) is 4. The summed E-state index contributed by atoms with van der Waals surface area (Å²) in [6.07, 6.45) is 11.5. The molecule has 12 atom stereocenters. The first-order valence-corrected chi connectivity index (χ1v) is 44.3. The first kappa shape index (κ1) is 88.0. The van der Waals surface area contributed by atoms with E-state index in [-0.39, 0.29) is 112 Å². The monoisotopic (exact) mass is 1790 g/mol. The van der Waals surface area contributed by atoms with Crippen molar-refractivity contribution in [3.05, 3.63) is 167 Å². The molecule has 0 unspecified atom stereocenters. The zero-order valence-corrected chi connectivity index (χ0v) is 73.3. The molecular formula is C96H100F4N18O13. The maximum Gasteiger partial charge on any atom is 0.407 e. The van der Waals surface area contributed by atoms with Gasteiger partial charge in [-0.1, -0.05) is 88.4 Å². The highest BCUT2D eigenvalue weighted by atomic mass is 19.3. The number of nitriles is 2. The van der Waals surface area contributed by atoms with E-state index >= 15 is 17.6 Å². The van der Waals surface area contributed by atoms with Crippen molar-refractivity contribution in [2.75, 3.05) is 41.5 Å². The second-order valence-electron chi connectivity index (χ2n) is 37.1. The van der Waals surface area contributed by atoms with Gasteiger partial charge in [0.1, 0.15) is 47.5 Å². The standard InChI is InChI=1S/C48H49F2N9O6.C42H43F2N7O3.C6H8N2O4/c1-24(2)39(57-46(63)65-4)44(61)58-23-47(14-15-47)21-38(58)41-52-22-37(55-41)27-7-11-31-30-10-6-25(18-32(30)48(49,50)33(31)19-27)26-8-12-34-36(20-26)54-42(53-34)40-28-5-9-29(17-28)59(40)43(60)35(13-16-51)56-45(62)64-3;1-21(2)35(50-40(53)54-3)39(52)51-20-41(12-13-41)18-34(51)37-45-19-33(49-37)24-6-10-28-27-9-5-22(15-29(27)42(43,44)30(28)16-24)23-7-11-31-32(17-23)48-38(47-31)36-25-4-8-26(14-25)46-36;1-12-6(11)8-4(2-3-7)5(9)10/h6-8,10-12,18-20,22,24,28-29,35,38-40H,5,9,13-15,17,21,23H2,1-4H3,(H,52,55)(H,53,54)(H,56,62)(H,57,63);5-7,9-11,15-17,19,21,25-26,34-36,46H,4,8,12-14,18,20H2,1-3H3,(H,45,49)(H,47,48)(H,50,53);4H,2H2,1H3,(H,8,11)(H,9,10)/t28-,29+,35-,38-,39-,40-;25-,26+,34-,35-,36-;4-/m000/s1. The Labute approximate surface area is 750 Å². The predicted octanol–water partition coefficient (Wildman–Crippen LogP) is 15.6. The van der Waals surface area contributed by atoms with Gasteiger partial charge in [-0.3, -0.25) is 14.4 Å². The summed E-state index contributed by atoms with van der Waals surface area (Å²) in [7, 11) is 4.85. The van der Waals surface area contributed by atoms with Crippen molar-refractivity contribution in [1.29, 1.82) is 10.5 Å². The van der Waals surface area contributed by atoms with E-state index in [0.717, 1.165) is 86.5 Å². The van der Waals surface area contributed by atoms with Crippen LogP contribution in [0.1, 0.15) is 187 Å². The highest BCUT2D eigenvalue weighted by Gasteiger charge is 2.58. The lowest BCUT2D eigenvalue weighted by Gasteiger charge is -2.36. The number of carboxylic acids is 1. The summed E-state index contributed by atoms with van der Waals surface area (Å²) in [4.78, 5) is 137. The topological polar surface area (TPSA) is 426 Å². The lowest BCUT2D eigenvalue weighted by molar-refractivity contribution is -0.139. The quantitative estimate of drug-likeness (QED) is 0.0250. The normalized spacial score (nSPS) is 22.4. The fourth-order valence-electron chi connectivity index (χ4n) is 21.0. The molecule has 2 spiro atoms. The number of fused-ring (bicyclic) bond motifs is 12. The van der Waals surface area contributed by atoms with Gasteiger partial charge in [-0.05, 0) is 205 Å². The van der Waals surface area contributed by atoms with Gasteiger partial charge in [-0.25, -0.2) is 43.9 Å². The Morgan fingerprint density at radius 1 is 0.489 bits per heavy atom. The van der Waals surface area contributed by atoms with E-state index in [1.807, 2.05) is 98.6 Å². The molecule has 4 aliphatic heterocycles. The van der Waals surface area contributed by atoms with Gasteiger partial charge in [0.15, 0.2) is 0 Å². The molecule has 8 fully saturated rings. The van der Waals surface area contributed by atoms with Crippen LogP contribution in [0.25, 0.3) is 89.1 Å². The van der Waals surface area contributed by atoms with E-state index in [4.69, 9.17) is 39.5 Å². The Kier molecular flexibility index (Phi) is 23.0. The fourth-order valence-corrected chi connectivity index (χ4v) is 21.0. The molecule has 35 heteroatoms. The second-order valence-corrected chi connectivity index (χ2v) is 37.1. The van der Waals surface area contributed by atoms with E-state index in [2.05, 4.69) is 50.9 Å². The van der Waals surface area contributed by atoms with Crippen LogP contribution in [0.4, 0.5) is 36.7 Å². The van der Waals surface area contributed by atoms with Crippen molar-refractivity contribution in [2.45, 2.75) is 190 Å². The molecule has 4 saturated heterocycles. The smallest absolute Gasteiger partial charge is 0.407 e. The summed E-state index contributed by atoms with van der Waals surface area (Å²) in [6.45, 7) is 8.63. The molecule has 6 aromatic carbocycles. The van der Waals surface area contributed by atoms with Gasteiger partial charge in [-0.15, -0.1) is 0 Å². The molecule has 7 amide bonds. The van der Waals surface area contributed by atoms with Crippen LogP contribution in [0.15, 0.2) is 122 Å². The molecule has 4 aromatic heterocycles. The van der Waals surface area contributed by atoms with Crippen LogP contribution in [0.2, 0.25) is 0 Å². The number of benzene rings is 6. The Balaban J connectivity index is 0.000000158. The molecule has 20 rings (SSSR count). The Hall–Kier alpha value is -13.7. The number of halogens is 4. The van der Waals surface area contributed by atoms with Crippen molar-refractivity contribution in [1.82, 2.24) is 81.2 Å². The first-order valence-electron chi connectivity index (χ1n) is 44.3. The van der Waals surface area contributed by atoms with Crippen molar-refractivity contribution in [3.63, 3.8) is 0 Å². The molecule has 4 saturated carbocycles. The third kappa shape index (κ3) is 16.4. The highest BCUT2D eigenvalue weighted by Crippen LogP contribution is 2.61. The molecule has 10 aromatic rings. The number of nitrogens with one attached hydrogen (secondary N) is 9. The van der Waals surface area contributed by atoms with Crippen molar-refractivity contribution in [2.24, 2.45) is 34.5 Å². The number of alkyl halides is 4. The third-order valence-corrected chi connectivity index (χ3v) is 28.3. The zero-order valence-electron chi connectivity index (χ0n) is 73.3. The number of methoxy groups -OCH3 is 4. The number of hydrogen-bond donors (Lipinski definition) is 10. The van der Waals surface area contributed by atoms with E-state index in [1.165, 1.54) is 46.7 Å². The molecular weight excluding hydrogens is 1690 g/mol. The third-order valence-electron chi connectivity index (χ3n) is 28.3. The minimum absolute atomic E-state index is 0.00269. The van der Waals surface area contributed by atoms with Crippen molar-refractivity contribution in [3.8, 4) is 79.2 Å². The number of aromatic amines is 4. The van der Waals surface area contributed by atoms with Crippen LogP contribution in [-0.4, -0.2) is 186 Å². The lowest BCUT2D eigenvalue weighted by atomic mass is 9.97. The van der Waals surface area contributed by atoms with Crippen LogP contribution in [0, 0.1) is 57.2 Å². The minimum Gasteiger partial charge on any atom is -0.480 e. The van der Waals surface area contributed by atoms with Gasteiger partial charge in [0.2, 0.25) is 17.7 Å². The number of carbonyl (C=O) groups excluding carboxylic acids is 7. The average molecular weight is 1790 g/mol. The summed E-state index contributed by atoms with van der Waals surface area (Å²) in [5.41, 5.74) is 10.00. The van der Waals surface area contributed by atoms with Crippen LogP contribution in [0.3, 0.4) is 0 Å². The number of carbonyl (C=O) groups is 8. The zero-order chi connectivity index (χ0) is 92.2. The van der Waals surface area contributed by atoms with E-state index in [0.29, 0.717) is 116 Å². The van der Waals surface area contributed by atoms with E-state index < -0.39 is 66.4 Å². The van der Waals surface area contributed by atoms with Gasteiger partial charge < -0.3 is 85.3 Å². The summed E-state index contributed by atoms with van der Waals surface area (Å²) < 4.78 is 84.6. The first-order chi connectivity index (χ1) is 62.8. The SMILES string of the molecule is COC(=O)N[C@@H](CC#N)C(=O)N1[C@@H]2CC[C@@H](C2)[C@H]1c1nc2ccc(-c3ccc4c(c3)C(F)(F)c3cc(-c5cnc([C@@H]6CC7(CC7)CN6C(=O)[C@@H](NC(=O)OC)C(C)C)[nH]5)ccc3-4)cc2[nH]1.COC(=O)N[C@@H](CC#N)C(=O)O.COC(=O)N[C@H](C(=O)N1CC2(CC2)C[C@H]1c1ncc(-c2ccc3c(c2)C(F)(F)c2cc(-c4ccc5nc([C@H]6N[C@@H]7CC[C@H]6C7)[nH]c5c4)ccc2-3)[nH]1)C(C)C. The van der Waals surface area contributed by atoms with Gasteiger partial charge in [0.25, 0.3) is 11.8 Å². The Bertz CT molecular complexity index is 6340. The number of hydrogen-bond acceptors (Lipinski definition) is 19. The highest BCUT2D eigenvalue weighted by molar-refractivity contribution is 5.92.